The maximum Gasteiger partial charge on any atom is 0.235 e. The minimum Gasteiger partial charge on any atom is -0.285 e. The lowest BCUT2D eigenvalue weighted by Crippen LogP contribution is -2.18. The van der Waals surface area contributed by atoms with Crippen LogP contribution in [-0.4, -0.2) is 11.6 Å². The van der Waals surface area contributed by atoms with Crippen molar-refractivity contribution in [3.63, 3.8) is 0 Å². The van der Waals surface area contributed by atoms with Crippen molar-refractivity contribution in [1.82, 2.24) is 0 Å². The Balaban J connectivity index is 1.26. The predicted octanol–water partition coefficient (Wildman–Crippen LogP) is 18.1. The number of unbranched alkanes of at least 4 members (excludes halogenated alkanes) is 16. The van der Waals surface area contributed by atoms with Gasteiger partial charge in [0.25, 0.3) is 0 Å². The molecule has 0 bridgehead atoms. The van der Waals surface area contributed by atoms with Crippen molar-refractivity contribution in [3.8, 4) is 29.3 Å². The summed E-state index contributed by atoms with van der Waals surface area (Å²) in [6.07, 6.45) is 34.6. The fourth-order valence-corrected chi connectivity index (χ4v) is 13.2. The second-order valence-electron chi connectivity index (χ2n) is 17.0. The van der Waals surface area contributed by atoms with Crippen LogP contribution in [0.5, 0.6) is 0 Å². The molecule has 308 valence electrons. The molecule has 56 heavy (non-hydrogen) atoms. The minimum atomic E-state index is -0.338. The van der Waals surface area contributed by atoms with E-state index in [1.54, 1.807) is 45.3 Å². The molecule has 4 aromatic rings. The van der Waals surface area contributed by atoms with Gasteiger partial charge in [-0.2, -0.15) is 0 Å². The SMILES string of the molecule is CCCCCCCCC(CCCCCC)Cc1csc(-c2cc3c(s2)-c2sc(-c4cc(CC(CCCCCC)CCCCCCCC)cs4)cc2C(=O)C3=O)c1. The lowest BCUT2D eigenvalue weighted by molar-refractivity contribution is 0.0816. The van der Waals surface area contributed by atoms with Gasteiger partial charge in [0, 0.05) is 30.6 Å². The van der Waals surface area contributed by atoms with Crippen LogP contribution in [0.15, 0.2) is 35.0 Å². The monoisotopic (exact) mass is 832 g/mol. The summed E-state index contributed by atoms with van der Waals surface area (Å²) in [5.74, 6) is 0.820. The van der Waals surface area contributed by atoms with Gasteiger partial charge in [-0.1, -0.05) is 182 Å². The highest BCUT2D eigenvalue weighted by Gasteiger charge is 2.35. The van der Waals surface area contributed by atoms with Crippen LogP contribution >= 0.6 is 45.3 Å². The van der Waals surface area contributed by atoms with E-state index in [2.05, 4.69) is 50.6 Å². The molecule has 0 spiro atoms. The van der Waals surface area contributed by atoms with Crippen molar-refractivity contribution in [2.24, 2.45) is 11.8 Å². The fraction of sp³-hybridized carbons (Fsp3) is 0.640. The summed E-state index contributed by atoms with van der Waals surface area (Å²) in [5, 5.41) is 4.71. The second-order valence-corrected chi connectivity index (χ2v) is 20.9. The zero-order valence-electron chi connectivity index (χ0n) is 35.5. The number of hydrogen-bond donors (Lipinski definition) is 0. The van der Waals surface area contributed by atoms with Gasteiger partial charge >= 0.3 is 0 Å². The molecule has 0 radical (unpaired) electrons. The van der Waals surface area contributed by atoms with Crippen LogP contribution in [0.25, 0.3) is 29.3 Å². The van der Waals surface area contributed by atoms with Crippen molar-refractivity contribution < 1.29 is 9.59 Å². The Bertz CT molecular complexity index is 1610. The molecule has 6 heteroatoms. The summed E-state index contributed by atoms with van der Waals surface area (Å²) in [6.45, 7) is 9.19. The molecule has 1 aliphatic rings. The smallest absolute Gasteiger partial charge is 0.235 e. The molecular weight excluding hydrogens is 761 g/mol. The van der Waals surface area contributed by atoms with Gasteiger partial charge in [0.05, 0.1) is 9.75 Å². The normalized spacial score (nSPS) is 13.7. The first kappa shape index (κ1) is 45.2. The summed E-state index contributed by atoms with van der Waals surface area (Å²) < 4.78 is 0. The Labute approximate surface area is 357 Å². The standard InChI is InChI=1S/C50H72O2S4/c1-5-9-13-17-19-23-27-37(25-21-15-11-7-3)29-39-31-43(53-35-39)45-33-41-47(51)48(52)42-34-46(56-50(42)49(41)55-45)44-32-40(36-54-44)30-38(26-22-16-12-8-4)28-24-20-18-14-10-6-2/h31-38H,5-30H2,1-4H3. The lowest BCUT2D eigenvalue weighted by atomic mass is 9.89. The van der Waals surface area contributed by atoms with Crippen LogP contribution in [0.2, 0.25) is 0 Å². The van der Waals surface area contributed by atoms with Crippen LogP contribution in [0.1, 0.15) is 214 Å². The zero-order chi connectivity index (χ0) is 39.5. The second kappa shape index (κ2) is 24.9. The van der Waals surface area contributed by atoms with Gasteiger partial charge in [0.2, 0.25) is 11.6 Å². The molecule has 0 amide bonds. The Morgan fingerprint density at radius 2 is 0.732 bits per heavy atom. The third kappa shape index (κ3) is 13.6. The molecule has 4 heterocycles. The van der Waals surface area contributed by atoms with Crippen LogP contribution in [0, 0.1) is 11.8 Å². The average Bonchev–Trinajstić information content (AvgIpc) is 4.03. The van der Waals surface area contributed by atoms with Gasteiger partial charge in [-0.15, -0.1) is 45.3 Å². The third-order valence-corrected chi connectivity index (χ3v) is 16.9. The van der Waals surface area contributed by atoms with Crippen molar-refractivity contribution in [3.05, 3.63) is 57.3 Å². The molecule has 4 aromatic heterocycles. The molecule has 0 saturated carbocycles. The molecule has 5 rings (SSSR count). The highest BCUT2D eigenvalue weighted by molar-refractivity contribution is 7.29. The number of Topliss-reactive ketones (excluding diaryl/α,β-unsaturated/α-hetero) is 2. The summed E-state index contributed by atoms with van der Waals surface area (Å²) in [4.78, 5) is 33.8. The molecule has 2 unspecified atom stereocenters. The predicted molar refractivity (Wildman–Crippen MR) is 251 cm³/mol. The first-order valence-electron chi connectivity index (χ1n) is 23.0. The number of thiophene rings is 4. The van der Waals surface area contributed by atoms with E-state index in [1.165, 1.54) is 175 Å². The number of rotatable bonds is 30. The Kier molecular flexibility index (Phi) is 20.1. The first-order valence-corrected chi connectivity index (χ1v) is 26.4. The van der Waals surface area contributed by atoms with E-state index in [0.717, 1.165) is 44.2 Å². The number of carbonyl (C=O) groups is 2. The lowest BCUT2D eigenvalue weighted by Gasteiger charge is -2.16. The maximum atomic E-state index is 13.5. The largest absolute Gasteiger partial charge is 0.285 e. The molecule has 0 aromatic carbocycles. The highest BCUT2D eigenvalue weighted by Crippen LogP contribution is 2.50. The van der Waals surface area contributed by atoms with Crippen LogP contribution in [0.4, 0.5) is 0 Å². The van der Waals surface area contributed by atoms with E-state index < -0.39 is 0 Å². The zero-order valence-corrected chi connectivity index (χ0v) is 38.7. The van der Waals surface area contributed by atoms with Crippen molar-refractivity contribution >= 4 is 56.9 Å². The van der Waals surface area contributed by atoms with Crippen LogP contribution in [-0.2, 0) is 12.8 Å². The van der Waals surface area contributed by atoms with Gasteiger partial charge in [-0.25, -0.2) is 0 Å². The molecule has 0 N–H and O–H groups in total. The van der Waals surface area contributed by atoms with Crippen LogP contribution < -0.4 is 0 Å². The van der Waals surface area contributed by atoms with Gasteiger partial charge in [-0.3, -0.25) is 9.59 Å². The molecule has 0 aliphatic heterocycles. The Hall–Kier alpha value is -1.86. The number of ketones is 2. The van der Waals surface area contributed by atoms with Crippen molar-refractivity contribution in [1.29, 1.82) is 0 Å². The van der Waals surface area contributed by atoms with E-state index in [9.17, 15) is 9.59 Å². The molecular formula is C50H72O2S4. The summed E-state index contributed by atoms with van der Waals surface area (Å²) in [5.41, 5.74) is 4.09. The summed E-state index contributed by atoms with van der Waals surface area (Å²) in [6, 6.07) is 8.80. The highest BCUT2D eigenvalue weighted by atomic mass is 32.1. The third-order valence-electron chi connectivity index (χ3n) is 12.1. The number of carbonyl (C=O) groups excluding carboxylic acids is 2. The number of fused-ring (bicyclic) bond motifs is 3. The number of hydrogen-bond acceptors (Lipinski definition) is 6. The van der Waals surface area contributed by atoms with E-state index in [-0.39, 0.29) is 11.6 Å². The van der Waals surface area contributed by atoms with Gasteiger partial charge in [0.1, 0.15) is 0 Å². The topological polar surface area (TPSA) is 34.1 Å². The van der Waals surface area contributed by atoms with Crippen molar-refractivity contribution in [2.75, 3.05) is 0 Å². The average molecular weight is 833 g/mol. The van der Waals surface area contributed by atoms with Crippen molar-refractivity contribution in [2.45, 2.75) is 195 Å². The molecule has 2 nitrogen and oxygen atoms in total. The Morgan fingerprint density at radius 3 is 1.09 bits per heavy atom. The summed E-state index contributed by atoms with van der Waals surface area (Å²) in [7, 11) is 0. The van der Waals surface area contributed by atoms with Gasteiger partial charge in [-0.05, 0) is 70.8 Å². The van der Waals surface area contributed by atoms with Gasteiger partial charge < -0.3 is 0 Å². The molecule has 0 fully saturated rings. The quantitative estimate of drug-likeness (QED) is 0.0387. The van der Waals surface area contributed by atoms with Crippen LogP contribution in [0.3, 0.4) is 0 Å². The summed E-state index contributed by atoms with van der Waals surface area (Å²) >= 11 is 7.03. The van der Waals surface area contributed by atoms with E-state index in [1.807, 2.05) is 12.1 Å². The molecule has 0 saturated heterocycles. The molecule has 1 aliphatic carbocycles. The van der Waals surface area contributed by atoms with E-state index in [4.69, 9.17) is 0 Å². The Morgan fingerprint density at radius 1 is 0.411 bits per heavy atom. The maximum absolute atomic E-state index is 13.5. The van der Waals surface area contributed by atoms with Gasteiger partial charge in [0.15, 0.2) is 0 Å². The van der Waals surface area contributed by atoms with E-state index >= 15 is 0 Å². The molecule has 2 atom stereocenters. The minimum absolute atomic E-state index is 0.338. The fourth-order valence-electron chi connectivity index (χ4n) is 8.68. The van der Waals surface area contributed by atoms with E-state index in [0.29, 0.717) is 11.1 Å². The first-order chi connectivity index (χ1) is 27.4.